The molecule has 0 saturated heterocycles. The normalized spacial score (nSPS) is 23.8. The Morgan fingerprint density at radius 3 is 2.00 bits per heavy atom. The number of nitrogens with two attached hydrogens (primary N) is 1. The fourth-order valence-electron chi connectivity index (χ4n) is 2.51. The first-order valence-electron chi connectivity index (χ1n) is 6.65. The van der Waals surface area contributed by atoms with Crippen molar-refractivity contribution in [2.24, 2.45) is 29.4 Å². The molecule has 0 aromatic heterocycles. The molecule has 1 atom stereocenters. The highest BCUT2D eigenvalue weighted by Crippen LogP contribution is 2.44. The zero-order valence-corrected chi connectivity index (χ0v) is 10.2. The minimum Gasteiger partial charge on any atom is -0.330 e. The fraction of sp³-hybridized carbons (Fsp3) is 1.00. The minimum absolute atomic E-state index is 0.657. The molecule has 0 aromatic rings. The Morgan fingerprint density at radius 1 is 1.13 bits per heavy atom. The summed E-state index contributed by atoms with van der Waals surface area (Å²) in [5, 5.41) is 3.80. The number of hydrogen-bond donors (Lipinski definition) is 2. The van der Waals surface area contributed by atoms with Gasteiger partial charge in [-0.1, -0.05) is 13.8 Å². The zero-order chi connectivity index (χ0) is 10.8. The Kier molecular flexibility index (Phi) is 3.68. The molecular formula is C13H26N2. The molecule has 1 unspecified atom stereocenters. The first-order chi connectivity index (χ1) is 7.22. The molecule has 0 bridgehead atoms. The van der Waals surface area contributed by atoms with E-state index in [1.807, 2.05) is 0 Å². The average Bonchev–Trinajstić information content (AvgIpc) is 3.00. The van der Waals surface area contributed by atoms with Crippen LogP contribution in [0.15, 0.2) is 0 Å². The van der Waals surface area contributed by atoms with Crippen LogP contribution in [-0.2, 0) is 0 Å². The summed E-state index contributed by atoms with van der Waals surface area (Å²) in [4.78, 5) is 0. The first-order valence-corrected chi connectivity index (χ1v) is 6.65. The Hall–Kier alpha value is -0.0800. The van der Waals surface area contributed by atoms with Gasteiger partial charge in [-0.3, -0.25) is 0 Å². The van der Waals surface area contributed by atoms with Crippen molar-refractivity contribution in [3.8, 4) is 0 Å². The van der Waals surface area contributed by atoms with Gasteiger partial charge >= 0.3 is 0 Å². The lowest BCUT2D eigenvalue weighted by Gasteiger charge is -2.24. The third kappa shape index (κ3) is 3.18. The molecule has 2 aliphatic carbocycles. The summed E-state index contributed by atoms with van der Waals surface area (Å²) in [6, 6.07) is 0.831. The second-order valence-electron chi connectivity index (χ2n) is 5.85. The van der Waals surface area contributed by atoms with Crippen LogP contribution in [0.25, 0.3) is 0 Å². The van der Waals surface area contributed by atoms with Crippen LogP contribution in [0.4, 0.5) is 0 Å². The quantitative estimate of drug-likeness (QED) is 0.674. The lowest BCUT2D eigenvalue weighted by atomic mass is 9.95. The molecule has 0 aliphatic heterocycles. The van der Waals surface area contributed by atoms with E-state index < -0.39 is 0 Å². The smallest absolute Gasteiger partial charge is 0.0124 e. The van der Waals surface area contributed by atoms with Crippen LogP contribution in [0.3, 0.4) is 0 Å². The van der Waals surface area contributed by atoms with E-state index in [4.69, 9.17) is 5.73 Å². The number of nitrogens with one attached hydrogen (secondary N) is 1. The predicted octanol–water partition coefficient (Wildman–Crippen LogP) is 2.00. The van der Waals surface area contributed by atoms with Gasteiger partial charge in [0.05, 0.1) is 0 Å². The molecule has 15 heavy (non-hydrogen) atoms. The lowest BCUT2D eigenvalue weighted by Crippen LogP contribution is -2.40. The van der Waals surface area contributed by atoms with Crippen LogP contribution in [-0.4, -0.2) is 19.1 Å². The summed E-state index contributed by atoms with van der Waals surface area (Å²) in [6.07, 6.45) is 5.85. The Labute approximate surface area is 94.0 Å². The summed E-state index contributed by atoms with van der Waals surface area (Å²) >= 11 is 0. The van der Waals surface area contributed by atoms with Crippen molar-refractivity contribution in [1.82, 2.24) is 5.32 Å². The SMILES string of the molecule is CC(C)C(CN)CNC(C1CC1)C1CC1. The molecule has 3 N–H and O–H groups in total. The standard InChI is InChI=1S/C13H26N2/c1-9(2)12(7-14)8-15-13(10-3-4-10)11-5-6-11/h9-13,15H,3-8,14H2,1-2H3. The Balaban J connectivity index is 1.74. The van der Waals surface area contributed by atoms with Gasteiger partial charge in [-0.05, 0) is 62.4 Å². The van der Waals surface area contributed by atoms with Gasteiger partial charge in [0, 0.05) is 6.04 Å². The topological polar surface area (TPSA) is 38.0 Å². The van der Waals surface area contributed by atoms with Gasteiger partial charge in [0.1, 0.15) is 0 Å². The highest BCUT2D eigenvalue weighted by Gasteiger charge is 2.41. The lowest BCUT2D eigenvalue weighted by molar-refractivity contribution is 0.323. The van der Waals surface area contributed by atoms with E-state index in [2.05, 4.69) is 19.2 Å². The van der Waals surface area contributed by atoms with E-state index in [9.17, 15) is 0 Å². The summed E-state index contributed by atoms with van der Waals surface area (Å²) in [5.74, 6) is 3.37. The van der Waals surface area contributed by atoms with Gasteiger partial charge in [0.15, 0.2) is 0 Å². The molecule has 0 aromatic carbocycles. The molecule has 2 nitrogen and oxygen atoms in total. The fourth-order valence-corrected chi connectivity index (χ4v) is 2.51. The summed E-state index contributed by atoms with van der Waals surface area (Å²) in [7, 11) is 0. The summed E-state index contributed by atoms with van der Waals surface area (Å²) in [6.45, 7) is 6.52. The summed E-state index contributed by atoms with van der Waals surface area (Å²) < 4.78 is 0. The van der Waals surface area contributed by atoms with E-state index in [0.717, 1.165) is 31.0 Å². The van der Waals surface area contributed by atoms with Gasteiger partial charge in [-0.25, -0.2) is 0 Å². The molecule has 2 fully saturated rings. The molecule has 0 heterocycles. The molecule has 2 saturated carbocycles. The van der Waals surface area contributed by atoms with Gasteiger partial charge in [-0.15, -0.1) is 0 Å². The van der Waals surface area contributed by atoms with Crippen molar-refractivity contribution >= 4 is 0 Å². The Bertz CT molecular complexity index is 183. The molecule has 88 valence electrons. The third-order valence-corrected chi connectivity index (χ3v) is 4.12. The van der Waals surface area contributed by atoms with Crippen LogP contribution in [0.1, 0.15) is 39.5 Å². The zero-order valence-electron chi connectivity index (χ0n) is 10.2. The minimum atomic E-state index is 0.657. The van der Waals surface area contributed by atoms with E-state index >= 15 is 0 Å². The predicted molar refractivity (Wildman–Crippen MR) is 64.6 cm³/mol. The van der Waals surface area contributed by atoms with Gasteiger partial charge in [-0.2, -0.15) is 0 Å². The van der Waals surface area contributed by atoms with Crippen LogP contribution in [0.2, 0.25) is 0 Å². The maximum Gasteiger partial charge on any atom is 0.0124 e. The monoisotopic (exact) mass is 210 g/mol. The molecule has 0 amide bonds. The van der Waals surface area contributed by atoms with Crippen molar-refractivity contribution in [2.45, 2.75) is 45.6 Å². The molecule has 0 spiro atoms. The molecule has 0 radical (unpaired) electrons. The second-order valence-corrected chi connectivity index (χ2v) is 5.85. The van der Waals surface area contributed by atoms with Crippen molar-refractivity contribution in [3.05, 3.63) is 0 Å². The van der Waals surface area contributed by atoms with E-state index in [-0.39, 0.29) is 0 Å². The number of rotatable bonds is 7. The van der Waals surface area contributed by atoms with Crippen LogP contribution in [0.5, 0.6) is 0 Å². The highest BCUT2D eigenvalue weighted by atomic mass is 15.0. The van der Waals surface area contributed by atoms with Gasteiger partial charge in [0.2, 0.25) is 0 Å². The molecule has 2 rings (SSSR count). The number of hydrogen-bond acceptors (Lipinski definition) is 2. The molecule has 2 heteroatoms. The second kappa shape index (κ2) is 4.84. The Morgan fingerprint density at radius 2 is 1.67 bits per heavy atom. The maximum atomic E-state index is 5.80. The molecular weight excluding hydrogens is 184 g/mol. The van der Waals surface area contributed by atoms with E-state index in [0.29, 0.717) is 11.8 Å². The first kappa shape index (κ1) is 11.4. The third-order valence-electron chi connectivity index (χ3n) is 4.12. The molecule has 2 aliphatic rings. The highest BCUT2D eigenvalue weighted by molar-refractivity contribution is 4.96. The maximum absolute atomic E-state index is 5.80. The van der Waals surface area contributed by atoms with Crippen molar-refractivity contribution in [2.75, 3.05) is 13.1 Å². The largest absolute Gasteiger partial charge is 0.330 e. The van der Waals surface area contributed by atoms with Crippen molar-refractivity contribution in [1.29, 1.82) is 0 Å². The van der Waals surface area contributed by atoms with Crippen LogP contribution >= 0.6 is 0 Å². The van der Waals surface area contributed by atoms with Crippen molar-refractivity contribution < 1.29 is 0 Å². The van der Waals surface area contributed by atoms with Crippen LogP contribution in [0, 0.1) is 23.7 Å². The van der Waals surface area contributed by atoms with Gasteiger partial charge < -0.3 is 11.1 Å². The van der Waals surface area contributed by atoms with Crippen LogP contribution < -0.4 is 11.1 Å². The van der Waals surface area contributed by atoms with E-state index in [1.165, 1.54) is 25.7 Å². The van der Waals surface area contributed by atoms with Gasteiger partial charge in [0.25, 0.3) is 0 Å². The summed E-state index contributed by atoms with van der Waals surface area (Å²) in [5.41, 5.74) is 5.80. The average molecular weight is 210 g/mol. The van der Waals surface area contributed by atoms with E-state index in [1.54, 1.807) is 0 Å². The van der Waals surface area contributed by atoms with Crippen molar-refractivity contribution in [3.63, 3.8) is 0 Å².